The molecular weight excluding hydrogens is 308 g/mol. The van der Waals surface area contributed by atoms with Crippen molar-refractivity contribution in [1.82, 2.24) is 0 Å². The van der Waals surface area contributed by atoms with Gasteiger partial charge in [-0.25, -0.2) is 0 Å². The van der Waals surface area contributed by atoms with Crippen molar-refractivity contribution < 1.29 is 13.0 Å². The molecule has 21 heavy (non-hydrogen) atoms. The molecule has 0 aliphatic rings. The van der Waals surface area contributed by atoms with Gasteiger partial charge in [-0.3, -0.25) is 4.55 Å². The minimum Gasteiger partial charge on any atom is -0.282 e. The summed E-state index contributed by atoms with van der Waals surface area (Å²) in [6, 6.07) is 5.05. The lowest BCUT2D eigenvalue weighted by Crippen LogP contribution is -2.03. The molecule has 0 radical (unpaired) electrons. The summed E-state index contributed by atoms with van der Waals surface area (Å²) in [4.78, 5) is 0.0511. The molecule has 1 rings (SSSR count). The van der Waals surface area contributed by atoms with Crippen LogP contribution in [0.15, 0.2) is 23.1 Å². The van der Waals surface area contributed by atoms with E-state index in [0.29, 0.717) is 6.42 Å². The standard InChI is InChI=1S/C16H25ClO3S/c1-14-10-11-16(21(18,19)20)15(13-14)9-7-5-3-2-4-6-8-12-17/h10-11,13H,2-9,12H2,1H3,(H,18,19,20). The lowest BCUT2D eigenvalue weighted by molar-refractivity contribution is 0.481. The highest BCUT2D eigenvalue weighted by atomic mass is 35.5. The SMILES string of the molecule is Cc1ccc(S(=O)(=O)O)c(CCCCCCCCCCl)c1. The summed E-state index contributed by atoms with van der Waals surface area (Å²) in [6.45, 7) is 1.92. The first-order valence-corrected chi connectivity index (χ1v) is 9.55. The van der Waals surface area contributed by atoms with E-state index in [1.807, 2.05) is 13.0 Å². The van der Waals surface area contributed by atoms with Crippen LogP contribution in [0.4, 0.5) is 0 Å². The highest BCUT2D eigenvalue weighted by Gasteiger charge is 2.14. The Morgan fingerprint density at radius 1 is 1.00 bits per heavy atom. The summed E-state index contributed by atoms with van der Waals surface area (Å²) in [5.41, 5.74) is 1.73. The maximum Gasteiger partial charge on any atom is 0.294 e. The van der Waals surface area contributed by atoms with Crippen molar-refractivity contribution >= 4 is 21.7 Å². The molecule has 3 nitrogen and oxygen atoms in total. The van der Waals surface area contributed by atoms with Gasteiger partial charge in [0.1, 0.15) is 0 Å². The first-order valence-electron chi connectivity index (χ1n) is 7.58. The fourth-order valence-electron chi connectivity index (χ4n) is 2.45. The van der Waals surface area contributed by atoms with Gasteiger partial charge in [0.05, 0.1) is 4.90 Å². The van der Waals surface area contributed by atoms with Crippen LogP contribution in [0, 0.1) is 6.92 Å². The summed E-state index contributed by atoms with van der Waals surface area (Å²) in [5, 5.41) is 0. The van der Waals surface area contributed by atoms with E-state index in [1.54, 1.807) is 6.07 Å². The largest absolute Gasteiger partial charge is 0.294 e. The fraction of sp³-hybridized carbons (Fsp3) is 0.625. The van der Waals surface area contributed by atoms with Crippen LogP contribution < -0.4 is 0 Å². The van der Waals surface area contributed by atoms with Crippen molar-refractivity contribution in [3.05, 3.63) is 29.3 Å². The summed E-state index contributed by atoms with van der Waals surface area (Å²) < 4.78 is 31.9. The Bertz CT molecular complexity index is 526. The van der Waals surface area contributed by atoms with Crippen LogP contribution in [-0.4, -0.2) is 18.9 Å². The van der Waals surface area contributed by atoms with E-state index < -0.39 is 10.1 Å². The predicted molar refractivity (Wildman–Crippen MR) is 87.7 cm³/mol. The van der Waals surface area contributed by atoms with E-state index in [1.165, 1.54) is 25.3 Å². The maximum absolute atomic E-state index is 11.3. The van der Waals surface area contributed by atoms with Crippen molar-refractivity contribution in [2.75, 3.05) is 5.88 Å². The number of rotatable bonds is 10. The molecule has 0 amide bonds. The van der Waals surface area contributed by atoms with E-state index in [4.69, 9.17) is 11.6 Å². The predicted octanol–water partition coefficient (Wildman–Crippen LogP) is 4.75. The Hall–Kier alpha value is -0.580. The molecule has 0 heterocycles. The number of hydrogen-bond acceptors (Lipinski definition) is 2. The van der Waals surface area contributed by atoms with E-state index in [9.17, 15) is 13.0 Å². The third-order valence-corrected chi connectivity index (χ3v) is 4.79. The Balaban J connectivity index is 2.40. The summed E-state index contributed by atoms with van der Waals surface area (Å²) >= 11 is 5.63. The number of alkyl halides is 1. The third kappa shape index (κ3) is 7.30. The zero-order valence-corrected chi connectivity index (χ0v) is 14.2. The highest BCUT2D eigenvalue weighted by molar-refractivity contribution is 7.85. The van der Waals surface area contributed by atoms with Gasteiger partial charge < -0.3 is 0 Å². The average molecular weight is 333 g/mol. The third-order valence-electron chi connectivity index (χ3n) is 3.57. The second kappa shape index (κ2) is 9.44. The summed E-state index contributed by atoms with van der Waals surface area (Å²) in [7, 11) is -4.12. The van der Waals surface area contributed by atoms with Crippen LogP contribution in [0.1, 0.15) is 56.1 Å². The Labute approximate surface area is 133 Å². The van der Waals surface area contributed by atoms with Gasteiger partial charge in [0.2, 0.25) is 0 Å². The Morgan fingerprint density at radius 3 is 2.14 bits per heavy atom. The smallest absolute Gasteiger partial charge is 0.282 e. The molecule has 0 unspecified atom stereocenters. The molecule has 1 aromatic carbocycles. The molecule has 0 aliphatic carbocycles. The van der Waals surface area contributed by atoms with E-state index in [0.717, 1.165) is 42.7 Å². The van der Waals surface area contributed by atoms with E-state index in [2.05, 4.69) is 0 Å². The van der Waals surface area contributed by atoms with Gasteiger partial charge in [-0.2, -0.15) is 8.42 Å². The molecule has 1 aromatic rings. The second-order valence-electron chi connectivity index (χ2n) is 5.50. The lowest BCUT2D eigenvalue weighted by atomic mass is 10.0. The molecule has 0 spiro atoms. The van der Waals surface area contributed by atoms with E-state index >= 15 is 0 Å². The van der Waals surface area contributed by atoms with Gasteiger partial charge in [-0.05, 0) is 37.8 Å². The quantitative estimate of drug-likeness (QED) is 0.382. The van der Waals surface area contributed by atoms with Gasteiger partial charge >= 0.3 is 0 Å². The summed E-state index contributed by atoms with van der Waals surface area (Å²) in [5.74, 6) is 0.742. The molecule has 0 aromatic heterocycles. The monoisotopic (exact) mass is 332 g/mol. The van der Waals surface area contributed by atoms with Crippen LogP contribution >= 0.6 is 11.6 Å². The normalized spacial score (nSPS) is 11.8. The van der Waals surface area contributed by atoms with Crippen LogP contribution in [0.5, 0.6) is 0 Å². The lowest BCUT2D eigenvalue weighted by Gasteiger charge is -2.08. The van der Waals surface area contributed by atoms with Crippen LogP contribution in [0.3, 0.4) is 0 Å². The minimum atomic E-state index is -4.12. The van der Waals surface area contributed by atoms with Gasteiger partial charge in [0, 0.05) is 5.88 Å². The Morgan fingerprint density at radius 2 is 1.57 bits per heavy atom. The number of aryl methyl sites for hydroxylation is 2. The van der Waals surface area contributed by atoms with Crippen molar-refractivity contribution in [3.8, 4) is 0 Å². The van der Waals surface area contributed by atoms with Gasteiger partial charge in [0.15, 0.2) is 0 Å². The molecule has 0 fully saturated rings. The van der Waals surface area contributed by atoms with Gasteiger partial charge in [0.25, 0.3) is 10.1 Å². The number of benzene rings is 1. The highest BCUT2D eigenvalue weighted by Crippen LogP contribution is 2.20. The molecule has 0 saturated carbocycles. The van der Waals surface area contributed by atoms with Crippen molar-refractivity contribution in [3.63, 3.8) is 0 Å². The molecule has 5 heteroatoms. The molecule has 0 bridgehead atoms. The van der Waals surface area contributed by atoms with Crippen LogP contribution in [-0.2, 0) is 16.5 Å². The van der Waals surface area contributed by atoms with Crippen LogP contribution in [0.25, 0.3) is 0 Å². The zero-order valence-electron chi connectivity index (χ0n) is 12.6. The van der Waals surface area contributed by atoms with E-state index in [-0.39, 0.29) is 4.90 Å². The molecular formula is C16H25ClO3S. The average Bonchev–Trinajstić information content (AvgIpc) is 2.40. The van der Waals surface area contributed by atoms with Gasteiger partial charge in [-0.15, -0.1) is 11.6 Å². The first-order chi connectivity index (χ1) is 9.95. The van der Waals surface area contributed by atoms with Crippen LogP contribution in [0.2, 0.25) is 0 Å². The fourth-order valence-corrected chi connectivity index (χ4v) is 3.37. The first kappa shape index (κ1) is 18.5. The molecule has 120 valence electrons. The number of unbranched alkanes of at least 4 members (excludes halogenated alkanes) is 6. The summed E-state index contributed by atoms with van der Waals surface area (Å²) in [6.07, 6.45) is 8.58. The van der Waals surface area contributed by atoms with Crippen molar-refractivity contribution in [2.24, 2.45) is 0 Å². The zero-order chi connectivity index (χ0) is 15.7. The number of halogens is 1. The second-order valence-corrected chi connectivity index (χ2v) is 7.27. The topological polar surface area (TPSA) is 54.4 Å². The molecule has 1 N–H and O–H groups in total. The van der Waals surface area contributed by atoms with Gasteiger partial charge in [-0.1, -0.05) is 49.8 Å². The molecule has 0 saturated heterocycles. The number of hydrogen-bond donors (Lipinski definition) is 1. The minimum absolute atomic E-state index is 0.0511. The maximum atomic E-state index is 11.3. The molecule has 0 aliphatic heterocycles. The van der Waals surface area contributed by atoms with Crippen molar-refractivity contribution in [1.29, 1.82) is 0 Å². The Kier molecular flexibility index (Phi) is 8.30. The molecule has 0 atom stereocenters. The van der Waals surface area contributed by atoms with Crippen molar-refractivity contribution in [2.45, 2.75) is 63.2 Å².